The summed E-state index contributed by atoms with van der Waals surface area (Å²) >= 11 is 0. The van der Waals surface area contributed by atoms with Crippen LogP contribution in [0.25, 0.3) is 0 Å². The number of carbonyl (C=O) groups is 1. The number of esters is 1. The lowest BCUT2D eigenvalue weighted by Crippen LogP contribution is -2.44. The molecule has 1 unspecified atom stereocenters. The van der Waals surface area contributed by atoms with Crippen molar-refractivity contribution < 1.29 is 23.4 Å². The molecule has 0 aliphatic rings. The van der Waals surface area contributed by atoms with E-state index in [-0.39, 0.29) is 0 Å². The van der Waals surface area contributed by atoms with Gasteiger partial charge >= 0.3 is 5.97 Å². The van der Waals surface area contributed by atoms with Crippen LogP contribution in [0.4, 0.5) is 8.78 Å². The normalized spacial score (nSPS) is 13.8. The fourth-order valence-electron chi connectivity index (χ4n) is 0.865. The Hall–Kier alpha value is -0.750. The lowest BCUT2D eigenvalue weighted by atomic mass is 10.2. The number of alkyl halides is 2. The molecule has 0 saturated heterocycles. The van der Waals surface area contributed by atoms with Gasteiger partial charge in [0.25, 0.3) is 5.92 Å². The number of rotatable bonds is 6. The lowest BCUT2D eigenvalue weighted by molar-refractivity contribution is -0.143. The van der Waals surface area contributed by atoms with Crippen LogP contribution < -0.4 is 5.32 Å². The highest BCUT2D eigenvalue weighted by Gasteiger charge is 2.29. The van der Waals surface area contributed by atoms with Crippen molar-refractivity contribution >= 4 is 5.97 Å². The molecule has 0 spiro atoms. The molecular formula is C8H15F2NO3. The molecule has 0 aromatic heterocycles. The van der Waals surface area contributed by atoms with Crippen molar-refractivity contribution in [2.24, 2.45) is 0 Å². The number of halogens is 2. The predicted octanol–water partition coefficient (Wildman–Crippen LogP) is 0.155. The number of aliphatic hydroxyl groups is 1. The molecule has 0 saturated carbocycles. The Labute approximate surface area is 81.2 Å². The van der Waals surface area contributed by atoms with Gasteiger partial charge in [0.05, 0.1) is 13.7 Å². The van der Waals surface area contributed by atoms with Gasteiger partial charge in [-0.15, -0.1) is 0 Å². The number of hydrogen-bond acceptors (Lipinski definition) is 4. The summed E-state index contributed by atoms with van der Waals surface area (Å²) in [5.74, 6) is -3.79. The number of nitrogens with one attached hydrogen (secondary N) is 1. The highest BCUT2D eigenvalue weighted by Crippen LogP contribution is 2.10. The Kier molecular flexibility index (Phi) is 5.56. The van der Waals surface area contributed by atoms with Gasteiger partial charge in [0, 0.05) is 0 Å². The number of carbonyl (C=O) groups excluding carboxylic acids is 1. The van der Waals surface area contributed by atoms with Crippen molar-refractivity contribution in [1.82, 2.24) is 5.32 Å². The van der Waals surface area contributed by atoms with Crippen LogP contribution in [0.1, 0.15) is 13.3 Å². The monoisotopic (exact) mass is 211 g/mol. The van der Waals surface area contributed by atoms with Crippen LogP contribution in [-0.4, -0.2) is 43.3 Å². The fraction of sp³-hybridized carbons (Fsp3) is 0.875. The van der Waals surface area contributed by atoms with Crippen molar-refractivity contribution in [3.8, 4) is 0 Å². The van der Waals surface area contributed by atoms with E-state index >= 15 is 0 Å². The minimum Gasteiger partial charge on any atom is -0.468 e. The lowest BCUT2D eigenvalue weighted by Gasteiger charge is -2.18. The van der Waals surface area contributed by atoms with Gasteiger partial charge in [-0.1, -0.05) is 6.92 Å². The highest BCUT2D eigenvalue weighted by atomic mass is 19.3. The van der Waals surface area contributed by atoms with Gasteiger partial charge in [-0.3, -0.25) is 10.1 Å². The topological polar surface area (TPSA) is 58.6 Å². The van der Waals surface area contributed by atoms with E-state index in [9.17, 15) is 13.6 Å². The number of aliphatic hydroxyl groups excluding tert-OH is 1. The molecule has 0 heterocycles. The molecule has 14 heavy (non-hydrogen) atoms. The van der Waals surface area contributed by atoms with Gasteiger partial charge in [0.1, 0.15) is 12.6 Å². The Morgan fingerprint density at radius 3 is 2.57 bits per heavy atom. The zero-order valence-electron chi connectivity index (χ0n) is 8.22. The van der Waals surface area contributed by atoms with E-state index in [4.69, 9.17) is 5.11 Å². The Balaban J connectivity index is 4.02. The van der Waals surface area contributed by atoms with E-state index in [2.05, 4.69) is 10.1 Å². The summed E-state index contributed by atoms with van der Waals surface area (Å²) in [6.45, 7) is -0.305. The fourth-order valence-corrected chi connectivity index (χ4v) is 0.865. The van der Waals surface area contributed by atoms with Crippen molar-refractivity contribution in [3.63, 3.8) is 0 Å². The predicted molar refractivity (Wildman–Crippen MR) is 46.1 cm³/mol. The first kappa shape index (κ1) is 13.2. The molecule has 0 aromatic carbocycles. The number of methoxy groups -OCH3 is 1. The quantitative estimate of drug-likeness (QED) is 0.614. The van der Waals surface area contributed by atoms with E-state index < -0.39 is 31.1 Å². The van der Waals surface area contributed by atoms with Gasteiger partial charge in [-0.25, -0.2) is 8.78 Å². The van der Waals surface area contributed by atoms with E-state index in [0.717, 1.165) is 0 Å². The molecule has 0 aliphatic heterocycles. The SMILES string of the molecule is CCC(NCC(F)(F)CO)C(=O)OC. The first-order valence-corrected chi connectivity index (χ1v) is 4.26. The third-order valence-corrected chi connectivity index (χ3v) is 1.73. The summed E-state index contributed by atoms with van der Waals surface area (Å²) in [6, 6.07) is -0.752. The molecule has 0 rings (SSSR count). The largest absolute Gasteiger partial charge is 0.468 e. The van der Waals surface area contributed by atoms with Crippen molar-refractivity contribution in [2.45, 2.75) is 25.3 Å². The second-order valence-corrected chi connectivity index (χ2v) is 2.88. The number of ether oxygens (including phenoxy) is 1. The van der Waals surface area contributed by atoms with E-state index in [1.54, 1.807) is 6.92 Å². The standard InChI is InChI=1S/C8H15F2NO3/c1-3-6(7(13)14-2)11-4-8(9,10)5-12/h6,11-12H,3-5H2,1-2H3. The Morgan fingerprint density at radius 1 is 1.64 bits per heavy atom. The average Bonchev–Trinajstić information content (AvgIpc) is 2.18. The second kappa shape index (κ2) is 5.87. The van der Waals surface area contributed by atoms with Gasteiger partial charge in [-0.05, 0) is 6.42 Å². The maximum absolute atomic E-state index is 12.6. The van der Waals surface area contributed by atoms with Crippen LogP contribution in [0.15, 0.2) is 0 Å². The summed E-state index contributed by atoms with van der Waals surface area (Å²) in [6.07, 6.45) is 0.355. The van der Waals surface area contributed by atoms with Crippen molar-refractivity contribution in [1.29, 1.82) is 0 Å². The van der Waals surface area contributed by atoms with Gasteiger partial charge in [-0.2, -0.15) is 0 Å². The van der Waals surface area contributed by atoms with E-state index in [1.807, 2.05) is 0 Å². The molecule has 0 bridgehead atoms. The summed E-state index contributed by atoms with van der Waals surface area (Å²) in [7, 11) is 1.19. The second-order valence-electron chi connectivity index (χ2n) is 2.88. The average molecular weight is 211 g/mol. The zero-order valence-corrected chi connectivity index (χ0v) is 8.22. The summed E-state index contributed by atoms with van der Waals surface area (Å²) in [4.78, 5) is 11.0. The molecule has 2 N–H and O–H groups in total. The third-order valence-electron chi connectivity index (χ3n) is 1.73. The molecule has 0 radical (unpaired) electrons. The summed E-state index contributed by atoms with van der Waals surface area (Å²) < 4.78 is 29.5. The number of hydrogen-bond donors (Lipinski definition) is 2. The van der Waals surface area contributed by atoms with Gasteiger partial charge in [0.2, 0.25) is 0 Å². The molecule has 6 heteroatoms. The molecular weight excluding hydrogens is 196 g/mol. The van der Waals surface area contributed by atoms with Crippen LogP contribution >= 0.6 is 0 Å². The Bertz CT molecular complexity index is 187. The van der Waals surface area contributed by atoms with Crippen molar-refractivity contribution in [3.05, 3.63) is 0 Å². The maximum Gasteiger partial charge on any atom is 0.322 e. The maximum atomic E-state index is 12.6. The summed E-state index contributed by atoms with van der Waals surface area (Å²) in [5.41, 5.74) is 0. The highest BCUT2D eigenvalue weighted by molar-refractivity contribution is 5.75. The van der Waals surface area contributed by atoms with Crippen LogP contribution in [0.5, 0.6) is 0 Å². The molecule has 0 fully saturated rings. The Morgan fingerprint density at radius 2 is 2.21 bits per heavy atom. The zero-order chi connectivity index (χ0) is 11.2. The molecule has 1 atom stereocenters. The van der Waals surface area contributed by atoms with E-state index in [0.29, 0.717) is 6.42 Å². The van der Waals surface area contributed by atoms with E-state index in [1.165, 1.54) is 7.11 Å². The molecule has 4 nitrogen and oxygen atoms in total. The van der Waals surface area contributed by atoms with Crippen LogP contribution in [0.2, 0.25) is 0 Å². The first-order chi connectivity index (χ1) is 6.46. The summed E-state index contributed by atoms with van der Waals surface area (Å²) in [5, 5.41) is 10.6. The molecule has 84 valence electrons. The van der Waals surface area contributed by atoms with Crippen molar-refractivity contribution in [2.75, 3.05) is 20.3 Å². The smallest absolute Gasteiger partial charge is 0.322 e. The molecule has 0 aromatic rings. The van der Waals surface area contributed by atoms with Gasteiger partial charge in [0.15, 0.2) is 0 Å². The van der Waals surface area contributed by atoms with Crippen LogP contribution in [0.3, 0.4) is 0 Å². The third kappa shape index (κ3) is 4.48. The van der Waals surface area contributed by atoms with Gasteiger partial charge < -0.3 is 9.84 Å². The first-order valence-electron chi connectivity index (χ1n) is 4.26. The minimum atomic E-state index is -3.21. The molecule has 0 aliphatic carbocycles. The van der Waals surface area contributed by atoms with Crippen LogP contribution in [-0.2, 0) is 9.53 Å². The van der Waals surface area contributed by atoms with Crippen LogP contribution in [0, 0.1) is 0 Å². The minimum absolute atomic E-state index is 0.355. The molecule has 0 amide bonds.